The first-order chi connectivity index (χ1) is 16.6. The zero-order valence-electron chi connectivity index (χ0n) is 20.4. The third-order valence-electron chi connectivity index (χ3n) is 5.08. The fraction of sp³-hybridized carbons (Fsp3) is 0.360. The van der Waals surface area contributed by atoms with Crippen LogP contribution in [0.15, 0.2) is 54.6 Å². The molecule has 1 heterocycles. The van der Waals surface area contributed by atoms with E-state index < -0.39 is 35.3 Å². The molecule has 1 atom stereocenters. The molecule has 0 spiro atoms. The molecule has 0 aliphatic carbocycles. The topological polar surface area (TPSA) is 114 Å². The lowest BCUT2D eigenvalue weighted by Gasteiger charge is -2.38. The second kappa shape index (κ2) is 10.0. The van der Waals surface area contributed by atoms with Crippen molar-refractivity contribution in [2.24, 2.45) is 0 Å². The van der Waals surface area contributed by atoms with Crippen molar-refractivity contribution in [3.63, 3.8) is 0 Å². The lowest BCUT2D eigenvalue weighted by molar-refractivity contribution is -0.128. The predicted octanol–water partition coefficient (Wildman–Crippen LogP) is 4.33. The Labute approximate surface area is 203 Å². The molecule has 0 radical (unpaired) electrons. The number of ether oxygens (including phenoxy) is 3. The van der Waals surface area contributed by atoms with Gasteiger partial charge in [-0.2, -0.15) is 5.01 Å². The Morgan fingerprint density at radius 2 is 1.54 bits per heavy atom. The molecule has 4 amide bonds. The second-order valence-corrected chi connectivity index (χ2v) is 8.58. The number of carbonyl (C=O) groups is 4. The van der Waals surface area contributed by atoms with Gasteiger partial charge in [0.1, 0.15) is 5.60 Å². The summed E-state index contributed by atoms with van der Waals surface area (Å²) in [6.07, 6.45) is -2.91. The summed E-state index contributed by atoms with van der Waals surface area (Å²) in [5.74, 6) is -0.830. The molecule has 1 N–H and O–H groups in total. The number of hydrazine groups is 1. The van der Waals surface area contributed by atoms with Crippen molar-refractivity contribution in [1.29, 1.82) is 0 Å². The van der Waals surface area contributed by atoms with Crippen molar-refractivity contribution in [2.45, 2.75) is 45.8 Å². The molecule has 2 aromatic carbocycles. The summed E-state index contributed by atoms with van der Waals surface area (Å²) in [5.41, 5.74) is 0.262. The fourth-order valence-corrected chi connectivity index (χ4v) is 3.86. The molecule has 1 aliphatic rings. The number of hydrogen-bond donors (Lipinski definition) is 1. The van der Waals surface area contributed by atoms with Gasteiger partial charge >= 0.3 is 18.3 Å². The van der Waals surface area contributed by atoms with Gasteiger partial charge in [0.2, 0.25) is 0 Å². The van der Waals surface area contributed by atoms with Crippen LogP contribution in [0.1, 0.15) is 45.7 Å². The normalized spacial score (nSPS) is 16.8. The van der Waals surface area contributed by atoms with Crippen LogP contribution in [0, 0.1) is 0 Å². The first kappa shape index (κ1) is 25.5. The maximum Gasteiger partial charge on any atom is 0.430 e. The molecule has 0 bridgehead atoms. The van der Waals surface area contributed by atoms with Gasteiger partial charge in [-0.25, -0.2) is 24.7 Å². The van der Waals surface area contributed by atoms with Gasteiger partial charge in [0, 0.05) is 5.56 Å². The van der Waals surface area contributed by atoms with Crippen LogP contribution in [0.3, 0.4) is 0 Å². The van der Waals surface area contributed by atoms with E-state index in [0.717, 1.165) is 9.91 Å². The van der Waals surface area contributed by atoms with Gasteiger partial charge in [0.15, 0.2) is 5.54 Å². The van der Waals surface area contributed by atoms with Crippen molar-refractivity contribution in [1.82, 2.24) is 10.4 Å². The van der Waals surface area contributed by atoms with Crippen LogP contribution in [0.4, 0.5) is 20.1 Å². The molecule has 2 aromatic rings. The quantitative estimate of drug-likeness (QED) is 0.508. The molecule has 10 nitrogen and oxygen atoms in total. The van der Waals surface area contributed by atoms with Crippen molar-refractivity contribution in [3.8, 4) is 0 Å². The number of para-hydroxylation sites is 1. The maximum atomic E-state index is 14.3. The molecular formula is C25H29N3O7. The number of hydrogen-bond acceptors (Lipinski definition) is 7. The monoisotopic (exact) mass is 483 g/mol. The standard InChI is InChI=1S/C25H29N3O7/c1-6-33-21(30)26-28(23(32)34-7-2)25(17-13-9-8-10-14-17)18-15-11-12-16-19(18)27(20(25)29)22(31)35-24(3,4)5/h8-16H,6-7H2,1-5H3,(H,26,30)/t25-/m0/s1. The van der Waals surface area contributed by atoms with Crippen molar-refractivity contribution in [2.75, 3.05) is 18.1 Å². The van der Waals surface area contributed by atoms with Crippen molar-refractivity contribution < 1.29 is 33.4 Å². The summed E-state index contributed by atoms with van der Waals surface area (Å²) in [7, 11) is 0. The van der Waals surface area contributed by atoms with E-state index in [0.29, 0.717) is 5.56 Å². The van der Waals surface area contributed by atoms with Gasteiger partial charge in [-0.05, 0) is 46.2 Å². The molecular weight excluding hydrogens is 454 g/mol. The molecule has 1 aliphatic heterocycles. The summed E-state index contributed by atoms with van der Waals surface area (Å²) in [4.78, 5) is 54.2. The number of nitrogens with zero attached hydrogens (tertiary/aromatic N) is 2. The Bertz CT molecular complexity index is 1110. The van der Waals surface area contributed by atoms with Crippen LogP contribution < -0.4 is 10.3 Å². The van der Waals surface area contributed by atoms with E-state index in [-0.39, 0.29) is 24.5 Å². The van der Waals surface area contributed by atoms with Crippen LogP contribution in [0.2, 0.25) is 0 Å². The van der Waals surface area contributed by atoms with Crippen molar-refractivity contribution >= 4 is 29.9 Å². The molecule has 35 heavy (non-hydrogen) atoms. The van der Waals surface area contributed by atoms with E-state index >= 15 is 0 Å². The van der Waals surface area contributed by atoms with Gasteiger partial charge < -0.3 is 14.2 Å². The lowest BCUT2D eigenvalue weighted by Crippen LogP contribution is -2.63. The number of anilines is 1. The van der Waals surface area contributed by atoms with Crippen LogP contribution in [-0.2, 0) is 24.5 Å². The van der Waals surface area contributed by atoms with Crippen LogP contribution >= 0.6 is 0 Å². The molecule has 0 saturated heterocycles. The minimum atomic E-state index is -1.99. The molecule has 10 heteroatoms. The lowest BCUT2D eigenvalue weighted by atomic mass is 9.83. The predicted molar refractivity (Wildman–Crippen MR) is 126 cm³/mol. The van der Waals surface area contributed by atoms with Crippen LogP contribution in [0.25, 0.3) is 0 Å². The number of amides is 4. The Morgan fingerprint density at radius 3 is 2.14 bits per heavy atom. The minimum Gasteiger partial charge on any atom is -0.449 e. The number of rotatable bonds is 4. The summed E-state index contributed by atoms with van der Waals surface area (Å²) >= 11 is 0. The zero-order valence-corrected chi connectivity index (χ0v) is 20.4. The Kier molecular flexibility index (Phi) is 7.33. The minimum absolute atomic E-state index is 0.0232. The maximum absolute atomic E-state index is 14.3. The van der Waals surface area contributed by atoms with Gasteiger partial charge in [0.05, 0.1) is 18.9 Å². The average Bonchev–Trinajstić information content (AvgIpc) is 3.06. The number of carbonyl (C=O) groups excluding carboxylic acids is 4. The molecule has 3 rings (SSSR count). The number of imide groups is 1. The molecule has 0 unspecified atom stereocenters. The highest BCUT2D eigenvalue weighted by atomic mass is 16.6. The Hall–Kier alpha value is -4.08. The first-order valence-electron chi connectivity index (χ1n) is 11.2. The third-order valence-corrected chi connectivity index (χ3v) is 5.08. The van der Waals surface area contributed by atoms with E-state index in [1.54, 1.807) is 89.2 Å². The van der Waals surface area contributed by atoms with E-state index in [2.05, 4.69) is 5.43 Å². The average molecular weight is 484 g/mol. The summed E-state index contributed by atoms with van der Waals surface area (Å²) in [6, 6.07) is 14.8. The molecule has 0 aromatic heterocycles. The number of fused-ring (bicyclic) bond motifs is 1. The Morgan fingerprint density at radius 1 is 0.943 bits per heavy atom. The summed E-state index contributed by atoms with van der Waals surface area (Å²) in [6.45, 7) is 8.21. The molecule has 186 valence electrons. The highest BCUT2D eigenvalue weighted by Gasteiger charge is 2.61. The van der Waals surface area contributed by atoms with Gasteiger partial charge in [-0.15, -0.1) is 0 Å². The van der Waals surface area contributed by atoms with Crippen LogP contribution in [-0.4, -0.2) is 48.0 Å². The Balaban J connectivity index is 2.32. The van der Waals surface area contributed by atoms with Gasteiger partial charge in [-0.1, -0.05) is 48.5 Å². The van der Waals surface area contributed by atoms with E-state index in [1.165, 1.54) is 0 Å². The summed E-state index contributed by atoms with van der Waals surface area (Å²) in [5, 5.41) is 0.773. The molecule has 0 fully saturated rings. The largest absolute Gasteiger partial charge is 0.449 e. The first-order valence-corrected chi connectivity index (χ1v) is 11.2. The highest BCUT2D eigenvalue weighted by Crippen LogP contribution is 2.48. The number of nitrogens with one attached hydrogen (secondary N) is 1. The second-order valence-electron chi connectivity index (χ2n) is 8.58. The zero-order chi connectivity index (χ0) is 25.8. The van der Waals surface area contributed by atoms with Gasteiger partial charge in [-0.3, -0.25) is 4.79 Å². The fourth-order valence-electron chi connectivity index (χ4n) is 3.86. The summed E-state index contributed by atoms with van der Waals surface area (Å²) < 4.78 is 15.7. The van der Waals surface area contributed by atoms with Crippen molar-refractivity contribution in [3.05, 3.63) is 65.7 Å². The smallest absolute Gasteiger partial charge is 0.430 e. The molecule has 0 saturated carbocycles. The van der Waals surface area contributed by atoms with E-state index in [4.69, 9.17) is 14.2 Å². The van der Waals surface area contributed by atoms with E-state index in [9.17, 15) is 19.2 Å². The SMILES string of the molecule is CCOC(=O)NN(C(=O)OCC)[C@]1(c2ccccc2)C(=O)N(C(=O)OC(C)(C)C)c2ccccc21. The highest BCUT2D eigenvalue weighted by molar-refractivity contribution is 6.23. The third kappa shape index (κ3) is 4.77. The van der Waals surface area contributed by atoms with Gasteiger partial charge in [0.25, 0.3) is 5.91 Å². The van der Waals surface area contributed by atoms with E-state index in [1.807, 2.05) is 0 Å². The van der Waals surface area contributed by atoms with Crippen LogP contribution in [0.5, 0.6) is 0 Å². The number of benzene rings is 2.